The van der Waals surface area contributed by atoms with Crippen LogP contribution in [0.3, 0.4) is 0 Å². The zero-order valence-corrected chi connectivity index (χ0v) is 25.1. The van der Waals surface area contributed by atoms with Crippen LogP contribution in [0, 0.1) is 0 Å². The van der Waals surface area contributed by atoms with Crippen molar-refractivity contribution in [2.75, 3.05) is 11.9 Å². The molecule has 5 aromatic rings. The first kappa shape index (κ1) is 29.5. The Morgan fingerprint density at radius 3 is 1.86 bits per heavy atom. The molecule has 6 nitrogen and oxygen atoms in total. The molecule has 0 saturated heterocycles. The van der Waals surface area contributed by atoms with Gasteiger partial charge in [-0.15, -0.1) is 0 Å². The predicted octanol–water partition coefficient (Wildman–Crippen LogP) is 8.22. The van der Waals surface area contributed by atoms with E-state index in [1.54, 1.807) is 12.1 Å². The molecule has 5 rings (SSSR count). The van der Waals surface area contributed by atoms with E-state index >= 15 is 0 Å². The molecule has 0 radical (unpaired) electrons. The maximum absolute atomic E-state index is 13.6. The summed E-state index contributed by atoms with van der Waals surface area (Å²) in [5.41, 5.74) is 5.97. The molecule has 0 saturated carbocycles. The highest BCUT2D eigenvalue weighted by Gasteiger charge is 2.24. The van der Waals surface area contributed by atoms with Crippen molar-refractivity contribution in [1.29, 1.82) is 0 Å². The Morgan fingerprint density at radius 2 is 1.33 bits per heavy atom. The van der Waals surface area contributed by atoms with Crippen LogP contribution in [0.25, 0.3) is 22.8 Å². The molecule has 43 heavy (non-hydrogen) atoms. The number of carbonyl (C=O) groups is 2. The molecule has 6 heteroatoms. The van der Waals surface area contributed by atoms with Gasteiger partial charge in [0.2, 0.25) is 11.8 Å². The third kappa shape index (κ3) is 7.28. The fraction of sp³-hybridized carbons (Fsp3) is 0.216. The second-order valence-electron chi connectivity index (χ2n) is 11.7. The molecular weight excluding hydrogens is 534 g/mol. The standard InChI is InChI=1S/C37H37N3O3/c1-25(41)39-31-21-17-28(18-22-31)34-33(40-36(43-34)29-15-19-30(20-16-29)37(2,3)4)35(42)38-24-23-32(26-11-7-5-8-12-26)27-13-9-6-10-14-27/h5-22,32H,23-24H2,1-4H3,(H,38,42)(H,39,41). The van der Waals surface area contributed by atoms with Crippen LogP contribution in [0.2, 0.25) is 0 Å². The van der Waals surface area contributed by atoms with Gasteiger partial charge in [-0.2, -0.15) is 0 Å². The molecule has 0 aliphatic heterocycles. The van der Waals surface area contributed by atoms with Gasteiger partial charge in [0.15, 0.2) is 11.5 Å². The first-order valence-corrected chi connectivity index (χ1v) is 14.6. The van der Waals surface area contributed by atoms with E-state index in [4.69, 9.17) is 4.42 Å². The van der Waals surface area contributed by atoms with E-state index in [1.807, 2.05) is 60.7 Å². The highest BCUT2D eigenvalue weighted by atomic mass is 16.4. The van der Waals surface area contributed by atoms with E-state index in [0.717, 1.165) is 12.0 Å². The van der Waals surface area contributed by atoms with E-state index in [0.29, 0.717) is 29.4 Å². The topological polar surface area (TPSA) is 84.2 Å². The lowest BCUT2D eigenvalue weighted by molar-refractivity contribution is -0.114. The van der Waals surface area contributed by atoms with Gasteiger partial charge < -0.3 is 15.1 Å². The van der Waals surface area contributed by atoms with Gasteiger partial charge >= 0.3 is 0 Å². The molecule has 1 heterocycles. The molecule has 0 unspecified atom stereocenters. The number of rotatable bonds is 9. The smallest absolute Gasteiger partial charge is 0.273 e. The highest BCUT2D eigenvalue weighted by Crippen LogP contribution is 2.33. The molecule has 2 amide bonds. The van der Waals surface area contributed by atoms with Crippen LogP contribution < -0.4 is 10.6 Å². The van der Waals surface area contributed by atoms with E-state index in [2.05, 4.69) is 72.8 Å². The minimum atomic E-state index is -0.304. The Hall–Kier alpha value is -4.97. The van der Waals surface area contributed by atoms with Crippen LogP contribution in [0.5, 0.6) is 0 Å². The second kappa shape index (κ2) is 12.9. The fourth-order valence-corrected chi connectivity index (χ4v) is 5.12. The molecule has 0 atom stereocenters. The lowest BCUT2D eigenvalue weighted by Gasteiger charge is -2.18. The van der Waals surface area contributed by atoms with Crippen molar-refractivity contribution < 1.29 is 14.0 Å². The van der Waals surface area contributed by atoms with Crippen LogP contribution in [-0.4, -0.2) is 23.3 Å². The Morgan fingerprint density at radius 1 is 0.767 bits per heavy atom. The molecule has 0 spiro atoms. The molecule has 4 aromatic carbocycles. The maximum Gasteiger partial charge on any atom is 0.273 e. The summed E-state index contributed by atoms with van der Waals surface area (Å²) in [5, 5.41) is 5.86. The van der Waals surface area contributed by atoms with Crippen LogP contribution in [0.1, 0.15) is 67.2 Å². The molecule has 0 aliphatic carbocycles. The van der Waals surface area contributed by atoms with Crippen LogP contribution in [-0.2, 0) is 10.2 Å². The summed E-state index contributed by atoms with van der Waals surface area (Å²) in [4.78, 5) is 29.8. The van der Waals surface area contributed by atoms with E-state index in [9.17, 15) is 9.59 Å². The molecule has 1 aromatic heterocycles. The molecule has 0 aliphatic rings. The average Bonchev–Trinajstić information content (AvgIpc) is 3.46. The normalized spacial score (nSPS) is 11.4. The molecule has 218 valence electrons. The lowest BCUT2D eigenvalue weighted by atomic mass is 9.87. The number of anilines is 1. The minimum absolute atomic E-state index is 0.0122. The summed E-state index contributed by atoms with van der Waals surface area (Å²) >= 11 is 0. The quantitative estimate of drug-likeness (QED) is 0.187. The summed E-state index contributed by atoms with van der Waals surface area (Å²) in [5.74, 6) is 0.431. The number of carbonyl (C=O) groups excluding carboxylic acids is 2. The fourth-order valence-electron chi connectivity index (χ4n) is 5.12. The van der Waals surface area contributed by atoms with Gasteiger partial charge in [-0.3, -0.25) is 9.59 Å². The van der Waals surface area contributed by atoms with E-state index in [-0.39, 0.29) is 28.8 Å². The Kier molecular flexibility index (Phi) is 8.86. The Balaban J connectivity index is 1.41. The molecular formula is C37H37N3O3. The Bertz CT molecular complexity index is 1630. The maximum atomic E-state index is 13.6. The summed E-state index contributed by atoms with van der Waals surface area (Å²) in [7, 11) is 0. The number of hydrogen-bond acceptors (Lipinski definition) is 4. The number of hydrogen-bond donors (Lipinski definition) is 2. The van der Waals surface area contributed by atoms with Crippen molar-refractivity contribution in [3.8, 4) is 22.8 Å². The lowest BCUT2D eigenvalue weighted by Crippen LogP contribution is -2.26. The molecule has 0 fully saturated rings. The van der Waals surface area contributed by atoms with E-state index < -0.39 is 0 Å². The number of benzene rings is 4. The van der Waals surface area contributed by atoms with Gasteiger partial charge in [-0.05, 0) is 64.9 Å². The zero-order valence-electron chi connectivity index (χ0n) is 25.1. The number of nitrogens with one attached hydrogen (secondary N) is 2. The van der Waals surface area contributed by atoms with Gasteiger partial charge in [0.25, 0.3) is 5.91 Å². The van der Waals surface area contributed by atoms with Crippen molar-refractivity contribution in [3.05, 3.63) is 132 Å². The summed E-state index contributed by atoms with van der Waals surface area (Å²) in [6.45, 7) is 8.41. The van der Waals surface area contributed by atoms with Gasteiger partial charge in [-0.1, -0.05) is 93.6 Å². The second-order valence-corrected chi connectivity index (χ2v) is 11.7. The van der Waals surface area contributed by atoms with Crippen LogP contribution in [0.4, 0.5) is 5.69 Å². The van der Waals surface area contributed by atoms with E-state index in [1.165, 1.54) is 23.6 Å². The van der Waals surface area contributed by atoms with Crippen molar-refractivity contribution in [2.24, 2.45) is 0 Å². The number of nitrogens with zero attached hydrogens (tertiary/aromatic N) is 1. The number of amides is 2. The van der Waals surface area contributed by atoms with Gasteiger partial charge in [0.1, 0.15) is 0 Å². The van der Waals surface area contributed by atoms with Gasteiger partial charge in [0, 0.05) is 36.2 Å². The number of oxazole rings is 1. The van der Waals surface area contributed by atoms with Gasteiger partial charge in [0.05, 0.1) is 0 Å². The third-order valence-corrected chi connectivity index (χ3v) is 7.43. The molecule has 2 N–H and O–H groups in total. The van der Waals surface area contributed by atoms with Gasteiger partial charge in [-0.25, -0.2) is 4.98 Å². The zero-order chi connectivity index (χ0) is 30.4. The van der Waals surface area contributed by atoms with Crippen molar-refractivity contribution in [2.45, 2.75) is 45.4 Å². The minimum Gasteiger partial charge on any atom is -0.435 e. The highest BCUT2D eigenvalue weighted by molar-refractivity contribution is 5.98. The van der Waals surface area contributed by atoms with Crippen molar-refractivity contribution in [3.63, 3.8) is 0 Å². The monoisotopic (exact) mass is 571 g/mol. The Labute approximate surface area is 253 Å². The van der Waals surface area contributed by atoms with Crippen LogP contribution in [0.15, 0.2) is 114 Å². The van der Waals surface area contributed by atoms with Crippen LogP contribution >= 0.6 is 0 Å². The van der Waals surface area contributed by atoms with Crippen molar-refractivity contribution in [1.82, 2.24) is 10.3 Å². The predicted molar refractivity (Wildman–Crippen MR) is 172 cm³/mol. The summed E-state index contributed by atoms with van der Waals surface area (Å²) < 4.78 is 6.26. The third-order valence-electron chi connectivity index (χ3n) is 7.43. The first-order chi connectivity index (χ1) is 20.7. The van der Waals surface area contributed by atoms with Crippen molar-refractivity contribution >= 4 is 17.5 Å². The summed E-state index contributed by atoms with van der Waals surface area (Å²) in [6, 6.07) is 35.9. The first-order valence-electron chi connectivity index (χ1n) is 14.6. The molecule has 0 bridgehead atoms. The largest absolute Gasteiger partial charge is 0.435 e. The average molecular weight is 572 g/mol. The SMILES string of the molecule is CC(=O)Nc1ccc(-c2oc(-c3ccc(C(C)(C)C)cc3)nc2C(=O)NCCC(c2ccccc2)c2ccccc2)cc1. The summed E-state index contributed by atoms with van der Waals surface area (Å²) in [6.07, 6.45) is 0.722. The number of aromatic nitrogens is 1.